The van der Waals surface area contributed by atoms with Crippen molar-refractivity contribution in [2.45, 2.75) is 6.92 Å². The fourth-order valence-electron chi connectivity index (χ4n) is 5.36. The van der Waals surface area contributed by atoms with Crippen LogP contribution in [-0.4, -0.2) is 69.4 Å². The van der Waals surface area contributed by atoms with E-state index in [9.17, 15) is 4.79 Å². The number of hydrogen-bond donors (Lipinski definition) is 0. The van der Waals surface area contributed by atoms with Gasteiger partial charge in [0.15, 0.2) is 34.5 Å². The fourth-order valence-corrected chi connectivity index (χ4v) is 6.33. The van der Waals surface area contributed by atoms with Crippen LogP contribution in [0.4, 0.5) is 0 Å². The van der Waals surface area contributed by atoms with Crippen molar-refractivity contribution in [1.82, 2.24) is 14.8 Å². The summed E-state index contributed by atoms with van der Waals surface area (Å²) in [6.45, 7) is 1.90. The number of methoxy groups -OCH3 is 5. The van der Waals surface area contributed by atoms with Crippen molar-refractivity contribution in [3.05, 3.63) is 78.9 Å². The van der Waals surface area contributed by atoms with Gasteiger partial charge >= 0.3 is 0 Å². The maximum Gasteiger partial charge on any atom is 0.244 e. The van der Waals surface area contributed by atoms with Gasteiger partial charge in [-0.2, -0.15) is 9.78 Å². The molecule has 0 fully saturated rings. The molecule has 2 heterocycles. The third-order valence-electron chi connectivity index (χ3n) is 7.73. The molecule has 0 unspecified atom stereocenters. The molecule has 0 saturated heterocycles. The number of rotatable bonds is 13. The Balaban J connectivity index is 1.20. The van der Waals surface area contributed by atoms with Gasteiger partial charge in [-0.25, -0.2) is 4.98 Å². The number of carbonyl (C=O) groups excluding carboxylic acids is 1. The summed E-state index contributed by atoms with van der Waals surface area (Å²) in [7, 11) is 7.80. The Morgan fingerprint density at radius 1 is 0.653 bits per heavy atom. The average molecular weight is 682 g/mol. The molecule has 0 aliphatic rings. The molecule has 0 bridgehead atoms. The Morgan fingerprint density at radius 3 is 1.92 bits per heavy atom. The molecule has 252 valence electrons. The van der Waals surface area contributed by atoms with E-state index in [0.29, 0.717) is 62.8 Å². The maximum atomic E-state index is 12.7. The lowest BCUT2D eigenvalue weighted by Gasteiger charge is -2.14. The Morgan fingerprint density at radius 2 is 1.27 bits per heavy atom. The van der Waals surface area contributed by atoms with Gasteiger partial charge < -0.3 is 33.2 Å². The predicted molar refractivity (Wildman–Crippen MR) is 188 cm³/mol. The molecular formula is C37H35N3O8S. The van der Waals surface area contributed by atoms with Gasteiger partial charge in [0, 0.05) is 23.6 Å². The van der Waals surface area contributed by atoms with Crippen molar-refractivity contribution in [1.29, 1.82) is 0 Å². The first-order valence-electron chi connectivity index (χ1n) is 15.3. The summed E-state index contributed by atoms with van der Waals surface area (Å²) in [6, 6.07) is 24.6. The molecule has 0 saturated carbocycles. The number of nitrogens with zero attached hydrogens (tertiary/aromatic N) is 3. The van der Waals surface area contributed by atoms with E-state index in [4.69, 9.17) is 38.1 Å². The highest BCUT2D eigenvalue weighted by molar-refractivity contribution is 7.21. The van der Waals surface area contributed by atoms with E-state index in [2.05, 4.69) is 11.2 Å². The average Bonchev–Trinajstić information content (AvgIpc) is 3.78. The Hall–Kier alpha value is -5.75. The van der Waals surface area contributed by atoms with Crippen LogP contribution in [-0.2, 0) is 0 Å². The van der Waals surface area contributed by atoms with Crippen LogP contribution in [0, 0.1) is 0 Å². The zero-order chi connectivity index (χ0) is 34.5. The van der Waals surface area contributed by atoms with Crippen LogP contribution in [0.15, 0.2) is 78.9 Å². The normalized spacial score (nSPS) is 10.9. The topological polar surface area (TPSA) is 112 Å². The minimum Gasteiger partial charge on any atom is -0.493 e. The van der Waals surface area contributed by atoms with Crippen molar-refractivity contribution in [2.75, 3.05) is 48.8 Å². The van der Waals surface area contributed by atoms with Gasteiger partial charge in [0.2, 0.25) is 11.7 Å². The van der Waals surface area contributed by atoms with E-state index in [1.165, 1.54) is 18.7 Å². The maximum absolute atomic E-state index is 12.7. The summed E-state index contributed by atoms with van der Waals surface area (Å²) in [4.78, 5) is 17.5. The summed E-state index contributed by atoms with van der Waals surface area (Å²) >= 11 is 1.63. The number of ether oxygens (including phenoxy) is 7. The van der Waals surface area contributed by atoms with Gasteiger partial charge in [-0.3, -0.25) is 4.79 Å². The lowest BCUT2D eigenvalue weighted by molar-refractivity contribution is 0.0923. The second-order valence-corrected chi connectivity index (χ2v) is 11.7. The second kappa shape index (κ2) is 14.6. The summed E-state index contributed by atoms with van der Waals surface area (Å²) in [5.41, 5.74) is 4.40. The summed E-state index contributed by atoms with van der Waals surface area (Å²) in [5.74, 6) is 3.33. The number of fused-ring (bicyclic) bond motifs is 1. The molecule has 0 aliphatic carbocycles. The molecule has 6 aromatic rings. The molecule has 4 aromatic carbocycles. The number of hydrogen-bond acceptors (Lipinski definition) is 11. The highest BCUT2D eigenvalue weighted by Gasteiger charge is 2.20. The SMILES string of the molecule is COc1cc(-c2nc3ccccc3s2)ccc1OCCOc1cc(-c2cc(-c3cc(OC)c(OC)c(OC)c3)nn2C(C)=O)ccc1OC. The monoisotopic (exact) mass is 681 g/mol. The van der Waals surface area contributed by atoms with E-state index in [1.54, 1.807) is 58.0 Å². The van der Waals surface area contributed by atoms with Crippen LogP contribution < -0.4 is 33.2 Å². The zero-order valence-corrected chi connectivity index (χ0v) is 28.8. The molecule has 49 heavy (non-hydrogen) atoms. The summed E-state index contributed by atoms with van der Waals surface area (Å²) in [5, 5.41) is 5.51. The number of carbonyl (C=O) groups is 1. The molecule has 0 atom stereocenters. The molecule has 0 N–H and O–H groups in total. The highest BCUT2D eigenvalue weighted by Crippen LogP contribution is 2.42. The third kappa shape index (κ3) is 6.81. The van der Waals surface area contributed by atoms with Crippen molar-refractivity contribution in [3.63, 3.8) is 0 Å². The summed E-state index contributed by atoms with van der Waals surface area (Å²) in [6.07, 6.45) is 0. The van der Waals surface area contributed by atoms with Crippen molar-refractivity contribution >= 4 is 27.5 Å². The predicted octanol–water partition coefficient (Wildman–Crippen LogP) is 7.65. The first kappa shape index (κ1) is 33.2. The van der Waals surface area contributed by atoms with Gasteiger partial charge in [0.05, 0.1) is 57.2 Å². The molecule has 12 heteroatoms. The van der Waals surface area contributed by atoms with Gasteiger partial charge in [0.25, 0.3) is 0 Å². The zero-order valence-electron chi connectivity index (χ0n) is 27.9. The van der Waals surface area contributed by atoms with Crippen LogP contribution in [0.1, 0.15) is 11.7 Å². The van der Waals surface area contributed by atoms with Gasteiger partial charge in [-0.15, -0.1) is 11.3 Å². The molecule has 0 amide bonds. The fraction of sp³-hybridized carbons (Fsp3) is 0.216. The molecule has 0 aliphatic heterocycles. The van der Waals surface area contributed by atoms with Crippen molar-refractivity contribution in [2.24, 2.45) is 0 Å². The minimum atomic E-state index is -0.261. The Labute approximate surface area is 287 Å². The van der Waals surface area contributed by atoms with Crippen LogP contribution in [0.25, 0.3) is 43.3 Å². The number of benzene rings is 4. The van der Waals surface area contributed by atoms with E-state index < -0.39 is 0 Å². The van der Waals surface area contributed by atoms with Crippen LogP contribution in [0.3, 0.4) is 0 Å². The van der Waals surface area contributed by atoms with Gasteiger partial charge in [0.1, 0.15) is 18.2 Å². The standard InChI is InChI=1S/C37H35N3O8S/c1-22(41)40-28(21-27(39-40)25-19-33(44-4)36(46-6)34(20-25)45-5)23-11-13-29(42-2)32(17-23)48-16-15-47-30-14-12-24(18-31(30)43-3)37-38-26-9-7-8-10-35(26)49-37/h7-14,17-21H,15-16H2,1-6H3. The van der Waals surface area contributed by atoms with Gasteiger partial charge in [-0.05, 0) is 66.7 Å². The van der Waals surface area contributed by atoms with Crippen LogP contribution in [0.2, 0.25) is 0 Å². The first-order chi connectivity index (χ1) is 23.9. The largest absolute Gasteiger partial charge is 0.493 e. The van der Waals surface area contributed by atoms with E-state index in [1.807, 2.05) is 54.6 Å². The molecular weight excluding hydrogens is 646 g/mol. The highest BCUT2D eigenvalue weighted by atomic mass is 32.1. The Bertz CT molecular complexity index is 2060. The van der Waals surface area contributed by atoms with Gasteiger partial charge in [-0.1, -0.05) is 12.1 Å². The first-order valence-corrected chi connectivity index (χ1v) is 16.1. The number of thiazole rings is 1. The van der Waals surface area contributed by atoms with Crippen molar-refractivity contribution in [3.8, 4) is 73.3 Å². The Kier molecular flexibility index (Phi) is 9.86. The molecule has 6 rings (SSSR count). The lowest BCUT2D eigenvalue weighted by atomic mass is 10.1. The van der Waals surface area contributed by atoms with E-state index in [0.717, 1.165) is 20.8 Å². The molecule has 0 radical (unpaired) electrons. The molecule has 0 spiro atoms. The summed E-state index contributed by atoms with van der Waals surface area (Å²) < 4.78 is 42.3. The van der Waals surface area contributed by atoms with E-state index >= 15 is 0 Å². The molecule has 11 nitrogen and oxygen atoms in total. The van der Waals surface area contributed by atoms with Crippen LogP contribution >= 0.6 is 11.3 Å². The smallest absolute Gasteiger partial charge is 0.244 e. The quantitative estimate of drug-likeness (QED) is 0.113. The van der Waals surface area contributed by atoms with E-state index in [-0.39, 0.29) is 19.1 Å². The minimum absolute atomic E-state index is 0.214. The second-order valence-electron chi connectivity index (χ2n) is 10.7. The third-order valence-corrected chi connectivity index (χ3v) is 8.82. The lowest BCUT2D eigenvalue weighted by Crippen LogP contribution is -2.11. The van der Waals surface area contributed by atoms with Crippen LogP contribution in [0.5, 0.6) is 40.2 Å². The number of aromatic nitrogens is 3. The number of para-hydroxylation sites is 1. The molecule has 2 aromatic heterocycles. The van der Waals surface area contributed by atoms with Crippen molar-refractivity contribution < 1.29 is 38.0 Å².